The zero-order valence-corrected chi connectivity index (χ0v) is 12.5. The maximum absolute atomic E-state index is 9.18. The molecule has 0 saturated heterocycles. The van der Waals surface area contributed by atoms with Gasteiger partial charge in [0.05, 0.1) is 6.61 Å². The lowest BCUT2D eigenvalue weighted by Crippen LogP contribution is -2.15. The predicted molar refractivity (Wildman–Crippen MR) is 79.8 cm³/mol. The molecule has 112 valence electrons. The summed E-state index contributed by atoms with van der Waals surface area (Å²) in [7, 11) is 0. The molecular formula is C15H20N4O2. The van der Waals surface area contributed by atoms with Crippen molar-refractivity contribution in [3.8, 4) is 5.75 Å². The molecule has 2 aromatic rings. The Hall–Kier alpha value is -2.37. The average Bonchev–Trinajstić information content (AvgIpc) is 2.93. The highest BCUT2D eigenvalue weighted by atomic mass is 16.5. The smallest absolute Gasteiger partial charge is 0.201 e. The fourth-order valence-corrected chi connectivity index (χ4v) is 1.75. The SMILES string of the molecule is CC(C)(C)CCOc1cccc(/C(=N\O)n2cncn2)c1. The third kappa shape index (κ3) is 4.30. The highest BCUT2D eigenvalue weighted by Gasteiger charge is 2.11. The topological polar surface area (TPSA) is 72.5 Å². The molecule has 1 aromatic carbocycles. The minimum atomic E-state index is 0.232. The summed E-state index contributed by atoms with van der Waals surface area (Å²) >= 11 is 0. The van der Waals surface area contributed by atoms with Gasteiger partial charge in [0, 0.05) is 5.56 Å². The molecule has 0 bridgehead atoms. The van der Waals surface area contributed by atoms with Gasteiger partial charge in [-0.1, -0.05) is 38.1 Å². The number of benzene rings is 1. The van der Waals surface area contributed by atoms with E-state index in [2.05, 4.69) is 36.0 Å². The number of oxime groups is 1. The van der Waals surface area contributed by atoms with Crippen LogP contribution >= 0.6 is 0 Å². The van der Waals surface area contributed by atoms with E-state index in [4.69, 9.17) is 4.74 Å². The fourth-order valence-electron chi connectivity index (χ4n) is 1.75. The van der Waals surface area contributed by atoms with E-state index in [9.17, 15) is 5.21 Å². The Labute approximate surface area is 124 Å². The molecule has 0 atom stereocenters. The summed E-state index contributed by atoms with van der Waals surface area (Å²) in [5.41, 5.74) is 0.937. The lowest BCUT2D eigenvalue weighted by molar-refractivity contribution is 0.243. The van der Waals surface area contributed by atoms with Crippen molar-refractivity contribution >= 4 is 5.84 Å². The Bertz CT molecular complexity index is 600. The summed E-state index contributed by atoms with van der Waals surface area (Å²) in [6, 6.07) is 7.37. The van der Waals surface area contributed by atoms with E-state index in [1.54, 1.807) is 0 Å². The van der Waals surface area contributed by atoms with Crippen LogP contribution in [0.15, 0.2) is 42.1 Å². The maximum Gasteiger partial charge on any atom is 0.201 e. The number of rotatable bonds is 4. The van der Waals surface area contributed by atoms with Crippen LogP contribution in [0.25, 0.3) is 0 Å². The minimum absolute atomic E-state index is 0.232. The third-order valence-corrected chi connectivity index (χ3v) is 2.94. The number of hydrogen-bond acceptors (Lipinski definition) is 5. The van der Waals surface area contributed by atoms with E-state index in [0.717, 1.165) is 12.2 Å². The largest absolute Gasteiger partial charge is 0.494 e. The van der Waals surface area contributed by atoms with Gasteiger partial charge in [-0.15, -0.1) is 0 Å². The van der Waals surface area contributed by atoms with Crippen LogP contribution in [0.5, 0.6) is 5.75 Å². The van der Waals surface area contributed by atoms with Gasteiger partial charge in [0.15, 0.2) is 0 Å². The summed E-state index contributed by atoms with van der Waals surface area (Å²) in [5.74, 6) is 1.03. The second-order valence-electron chi connectivity index (χ2n) is 5.95. The molecule has 0 amide bonds. The first-order chi connectivity index (χ1) is 9.99. The van der Waals surface area contributed by atoms with Crippen LogP contribution in [0, 0.1) is 5.41 Å². The van der Waals surface area contributed by atoms with Crippen molar-refractivity contribution in [3.05, 3.63) is 42.5 Å². The van der Waals surface area contributed by atoms with Gasteiger partial charge in [0.25, 0.3) is 0 Å². The quantitative estimate of drug-likeness (QED) is 0.406. The lowest BCUT2D eigenvalue weighted by Gasteiger charge is -2.18. The fraction of sp³-hybridized carbons (Fsp3) is 0.400. The normalized spacial score (nSPS) is 12.4. The Balaban J connectivity index is 2.10. The van der Waals surface area contributed by atoms with E-state index in [1.165, 1.54) is 17.3 Å². The number of ether oxygens (including phenoxy) is 1. The molecule has 0 saturated carbocycles. The molecule has 0 fully saturated rings. The monoisotopic (exact) mass is 288 g/mol. The standard InChI is InChI=1S/C15H20N4O2/c1-15(2,3)7-8-21-13-6-4-5-12(9-13)14(18-20)19-11-16-10-17-19/h4-6,9-11,20H,7-8H2,1-3H3/b18-14+. The molecule has 0 aliphatic heterocycles. The highest BCUT2D eigenvalue weighted by molar-refractivity contribution is 5.99. The summed E-state index contributed by atoms with van der Waals surface area (Å²) < 4.78 is 7.15. The van der Waals surface area contributed by atoms with Gasteiger partial charge >= 0.3 is 0 Å². The Morgan fingerprint density at radius 3 is 2.81 bits per heavy atom. The van der Waals surface area contributed by atoms with Gasteiger partial charge in [-0.3, -0.25) is 0 Å². The Kier molecular flexibility index (Phi) is 4.57. The first-order valence-electron chi connectivity index (χ1n) is 6.80. The van der Waals surface area contributed by atoms with Gasteiger partial charge in [-0.2, -0.15) is 9.78 Å². The van der Waals surface area contributed by atoms with Crippen molar-refractivity contribution in [2.45, 2.75) is 27.2 Å². The van der Waals surface area contributed by atoms with Crippen molar-refractivity contribution < 1.29 is 9.94 Å². The maximum atomic E-state index is 9.18. The van der Waals surface area contributed by atoms with E-state index >= 15 is 0 Å². The van der Waals surface area contributed by atoms with E-state index in [1.807, 2.05) is 24.3 Å². The van der Waals surface area contributed by atoms with Crippen molar-refractivity contribution in [1.29, 1.82) is 0 Å². The first-order valence-corrected chi connectivity index (χ1v) is 6.80. The number of hydrogen-bond donors (Lipinski definition) is 1. The summed E-state index contributed by atoms with van der Waals surface area (Å²) in [6.45, 7) is 7.16. The molecule has 6 heteroatoms. The van der Waals surface area contributed by atoms with Gasteiger partial charge in [-0.05, 0) is 24.0 Å². The summed E-state index contributed by atoms with van der Waals surface area (Å²) in [6.07, 6.45) is 3.82. The van der Waals surface area contributed by atoms with E-state index in [0.29, 0.717) is 18.0 Å². The van der Waals surface area contributed by atoms with Crippen molar-refractivity contribution in [2.24, 2.45) is 10.6 Å². The van der Waals surface area contributed by atoms with E-state index < -0.39 is 0 Å². The first kappa shape index (κ1) is 15.0. The molecule has 0 aliphatic rings. The molecule has 0 spiro atoms. The minimum Gasteiger partial charge on any atom is -0.494 e. The molecule has 1 N–H and O–H groups in total. The highest BCUT2D eigenvalue weighted by Crippen LogP contribution is 2.20. The molecule has 0 radical (unpaired) electrons. The van der Waals surface area contributed by atoms with Gasteiger partial charge in [-0.25, -0.2) is 4.98 Å². The van der Waals surface area contributed by atoms with Gasteiger partial charge in [0.1, 0.15) is 18.4 Å². The zero-order valence-electron chi connectivity index (χ0n) is 12.5. The molecule has 21 heavy (non-hydrogen) atoms. The molecule has 1 aromatic heterocycles. The third-order valence-electron chi connectivity index (χ3n) is 2.94. The molecule has 0 aliphatic carbocycles. The van der Waals surface area contributed by atoms with Crippen LogP contribution in [-0.2, 0) is 0 Å². The van der Waals surface area contributed by atoms with Crippen LogP contribution in [0.2, 0.25) is 0 Å². The summed E-state index contributed by atoms with van der Waals surface area (Å²) in [4.78, 5) is 3.84. The Morgan fingerprint density at radius 1 is 1.38 bits per heavy atom. The van der Waals surface area contributed by atoms with Crippen molar-refractivity contribution in [3.63, 3.8) is 0 Å². The van der Waals surface area contributed by atoms with Crippen LogP contribution in [0.1, 0.15) is 32.8 Å². The molecule has 6 nitrogen and oxygen atoms in total. The number of nitrogens with zero attached hydrogens (tertiary/aromatic N) is 4. The second-order valence-corrected chi connectivity index (χ2v) is 5.95. The number of aromatic nitrogens is 3. The van der Waals surface area contributed by atoms with Crippen LogP contribution in [0.3, 0.4) is 0 Å². The Morgan fingerprint density at radius 2 is 2.19 bits per heavy atom. The van der Waals surface area contributed by atoms with Crippen molar-refractivity contribution in [2.75, 3.05) is 6.61 Å². The van der Waals surface area contributed by atoms with Crippen LogP contribution in [0.4, 0.5) is 0 Å². The molecular weight excluding hydrogens is 268 g/mol. The van der Waals surface area contributed by atoms with E-state index in [-0.39, 0.29) is 5.41 Å². The van der Waals surface area contributed by atoms with Crippen molar-refractivity contribution in [1.82, 2.24) is 14.8 Å². The molecule has 0 unspecified atom stereocenters. The van der Waals surface area contributed by atoms with Crippen LogP contribution < -0.4 is 4.74 Å². The zero-order chi connectivity index (χ0) is 15.3. The lowest BCUT2D eigenvalue weighted by atomic mass is 9.93. The summed E-state index contributed by atoms with van der Waals surface area (Å²) in [5, 5.41) is 16.4. The van der Waals surface area contributed by atoms with Crippen LogP contribution in [-0.4, -0.2) is 32.4 Å². The predicted octanol–water partition coefficient (Wildman–Crippen LogP) is 2.78. The molecule has 2 rings (SSSR count). The van der Waals surface area contributed by atoms with Gasteiger partial charge in [0.2, 0.25) is 5.84 Å². The van der Waals surface area contributed by atoms with Gasteiger partial charge < -0.3 is 9.94 Å². The molecule has 1 heterocycles. The average molecular weight is 288 g/mol. The second kappa shape index (κ2) is 6.39.